The Bertz CT molecular complexity index is 592. The van der Waals surface area contributed by atoms with Crippen molar-refractivity contribution in [3.05, 3.63) is 60.1 Å². The van der Waals surface area contributed by atoms with E-state index in [1.54, 1.807) is 12.3 Å². The van der Waals surface area contributed by atoms with Crippen LogP contribution in [0.2, 0.25) is 0 Å². The van der Waals surface area contributed by atoms with Crippen molar-refractivity contribution in [3.63, 3.8) is 0 Å². The van der Waals surface area contributed by atoms with Crippen LogP contribution in [0.4, 0.5) is 0 Å². The molecule has 0 saturated heterocycles. The van der Waals surface area contributed by atoms with Gasteiger partial charge < -0.3 is 14.8 Å². The summed E-state index contributed by atoms with van der Waals surface area (Å²) in [7, 11) is 0. The first-order valence-electron chi connectivity index (χ1n) is 7.21. The highest BCUT2D eigenvalue weighted by Crippen LogP contribution is 2.23. The summed E-state index contributed by atoms with van der Waals surface area (Å²) in [6.07, 6.45) is 2.31. The molecule has 1 aromatic carbocycles. The molecular formula is C17H19NO4. The average molecular weight is 301 g/mol. The number of carboxylic acid groups (broad SMARTS) is 1. The molecule has 1 amide bonds. The van der Waals surface area contributed by atoms with Gasteiger partial charge in [0.1, 0.15) is 5.76 Å². The number of amides is 1. The summed E-state index contributed by atoms with van der Waals surface area (Å²) in [5.41, 5.74) is 0.867. The third kappa shape index (κ3) is 5.09. The fourth-order valence-corrected chi connectivity index (χ4v) is 2.32. The van der Waals surface area contributed by atoms with Gasteiger partial charge in [-0.3, -0.25) is 9.59 Å². The Balaban J connectivity index is 1.86. The molecule has 5 heteroatoms. The second-order valence-corrected chi connectivity index (χ2v) is 5.09. The second kappa shape index (κ2) is 8.02. The first kappa shape index (κ1) is 15.8. The maximum Gasteiger partial charge on any atom is 0.303 e. The van der Waals surface area contributed by atoms with Gasteiger partial charge in [0.05, 0.1) is 12.7 Å². The normalized spacial score (nSPS) is 11.8. The fraction of sp³-hybridized carbons (Fsp3) is 0.294. The largest absolute Gasteiger partial charge is 0.481 e. The van der Waals surface area contributed by atoms with Crippen LogP contribution in [0.5, 0.6) is 0 Å². The quantitative estimate of drug-likeness (QED) is 0.785. The van der Waals surface area contributed by atoms with E-state index < -0.39 is 5.97 Å². The minimum atomic E-state index is -0.905. The Labute approximate surface area is 129 Å². The van der Waals surface area contributed by atoms with Gasteiger partial charge in [0.2, 0.25) is 5.91 Å². The Morgan fingerprint density at radius 3 is 2.50 bits per heavy atom. The minimum Gasteiger partial charge on any atom is -0.481 e. The monoisotopic (exact) mass is 301 g/mol. The van der Waals surface area contributed by atoms with E-state index in [0.717, 1.165) is 11.3 Å². The number of carbonyl (C=O) groups is 2. The van der Waals surface area contributed by atoms with E-state index >= 15 is 0 Å². The highest BCUT2D eigenvalue weighted by molar-refractivity contribution is 5.78. The van der Waals surface area contributed by atoms with Crippen LogP contribution in [0, 0.1) is 0 Å². The van der Waals surface area contributed by atoms with Crippen molar-refractivity contribution >= 4 is 11.9 Å². The van der Waals surface area contributed by atoms with Crippen LogP contribution in [-0.2, 0) is 16.0 Å². The number of carbonyl (C=O) groups excluding carboxylic acids is 1. The lowest BCUT2D eigenvalue weighted by molar-refractivity contribution is -0.137. The Morgan fingerprint density at radius 2 is 1.86 bits per heavy atom. The van der Waals surface area contributed by atoms with Crippen LogP contribution in [0.3, 0.4) is 0 Å². The number of hydrogen-bond acceptors (Lipinski definition) is 3. The summed E-state index contributed by atoms with van der Waals surface area (Å²) in [4.78, 5) is 23.0. The zero-order valence-electron chi connectivity index (χ0n) is 12.2. The molecule has 116 valence electrons. The molecule has 5 nitrogen and oxygen atoms in total. The molecule has 2 rings (SSSR count). The third-order valence-electron chi connectivity index (χ3n) is 3.40. The van der Waals surface area contributed by atoms with Gasteiger partial charge in [0.25, 0.3) is 0 Å². The molecule has 1 aromatic heterocycles. The van der Waals surface area contributed by atoms with E-state index in [9.17, 15) is 9.59 Å². The van der Waals surface area contributed by atoms with Gasteiger partial charge in [-0.1, -0.05) is 30.3 Å². The van der Waals surface area contributed by atoms with Crippen molar-refractivity contribution in [1.82, 2.24) is 5.32 Å². The SMILES string of the molecule is O=C(O)C[C@H](CC(=O)NCCc1ccco1)c1ccccc1. The van der Waals surface area contributed by atoms with E-state index in [4.69, 9.17) is 9.52 Å². The standard InChI is InChI=1S/C17H19NO4/c19-16(18-9-8-15-7-4-10-22-15)11-14(12-17(20)21)13-5-2-1-3-6-13/h1-7,10,14H,8-9,11-12H2,(H,18,19)(H,20,21)/t14-/m0/s1. The van der Waals surface area contributed by atoms with Gasteiger partial charge in [0.15, 0.2) is 0 Å². The molecule has 0 aliphatic carbocycles. The molecule has 0 aliphatic rings. The van der Waals surface area contributed by atoms with Crippen LogP contribution in [0.25, 0.3) is 0 Å². The number of rotatable bonds is 8. The van der Waals surface area contributed by atoms with Crippen molar-refractivity contribution in [2.75, 3.05) is 6.54 Å². The Morgan fingerprint density at radius 1 is 1.09 bits per heavy atom. The molecule has 1 atom stereocenters. The van der Waals surface area contributed by atoms with Gasteiger partial charge in [-0.15, -0.1) is 0 Å². The minimum absolute atomic E-state index is 0.0599. The first-order valence-corrected chi connectivity index (χ1v) is 7.21. The summed E-state index contributed by atoms with van der Waals surface area (Å²) in [5.74, 6) is -0.563. The molecule has 0 radical (unpaired) electrons. The number of carboxylic acids is 1. The van der Waals surface area contributed by atoms with Crippen molar-refractivity contribution in [2.24, 2.45) is 0 Å². The first-order chi connectivity index (χ1) is 10.6. The number of benzene rings is 1. The molecule has 2 aromatic rings. The van der Waals surface area contributed by atoms with Gasteiger partial charge in [0, 0.05) is 25.3 Å². The topological polar surface area (TPSA) is 79.5 Å². The van der Waals surface area contributed by atoms with Crippen LogP contribution in [-0.4, -0.2) is 23.5 Å². The van der Waals surface area contributed by atoms with Gasteiger partial charge in [-0.25, -0.2) is 0 Å². The van der Waals surface area contributed by atoms with Crippen molar-refractivity contribution < 1.29 is 19.1 Å². The molecule has 2 N–H and O–H groups in total. The van der Waals surface area contributed by atoms with Gasteiger partial charge in [-0.05, 0) is 17.7 Å². The van der Waals surface area contributed by atoms with E-state index in [1.165, 1.54) is 0 Å². The maximum atomic E-state index is 12.0. The van der Waals surface area contributed by atoms with Gasteiger partial charge >= 0.3 is 5.97 Å². The van der Waals surface area contributed by atoms with Crippen LogP contribution in [0.1, 0.15) is 30.1 Å². The molecule has 0 aliphatic heterocycles. The van der Waals surface area contributed by atoms with Gasteiger partial charge in [-0.2, -0.15) is 0 Å². The smallest absolute Gasteiger partial charge is 0.303 e. The molecular weight excluding hydrogens is 282 g/mol. The van der Waals surface area contributed by atoms with Crippen molar-refractivity contribution in [1.29, 1.82) is 0 Å². The zero-order chi connectivity index (χ0) is 15.8. The number of aliphatic carboxylic acids is 1. The molecule has 0 spiro atoms. The zero-order valence-corrected chi connectivity index (χ0v) is 12.2. The molecule has 0 fully saturated rings. The summed E-state index contributed by atoms with van der Waals surface area (Å²) in [5, 5.41) is 11.8. The van der Waals surface area contributed by atoms with Crippen molar-refractivity contribution in [3.8, 4) is 0 Å². The lowest BCUT2D eigenvalue weighted by Gasteiger charge is -2.15. The van der Waals surface area contributed by atoms with E-state index in [1.807, 2.05) is 36.4 Å². The maximum absolute atomic E-state index is 12.0. The third-order valence-corrected chi connectivity index (χ3v) is 3.40. The highest BCUT2D eigenvalue weighted by Gasteiger charge is 2.19. The Hall–Kier alpha value is -2.56. The number of furan rings is 1. The predicted octanol–water partition coefficient (Wildman–Crippen LogP) is 2.59. The Kier molecular flexibility index (Phi) is 5.77. The lowest BCUT2D eigenvalue weighted by atomic mass is 9.92. The van der Waals surface area contributed by atoms with Crippen LogP contribution >= 0.6 is 0 Å². The van der Waals surface area contributed by atoms with E-state index in [-0.39, 0.29) is 24.7 Å². The average Bonchev–Trinajstić information content (AvgIpc) is 3.00. The second-order valence-electron chi connectivity index (χ2n) is 5.09. The fourth-order valence-electron chi connectivity index (χ4n) is 2.32. The number of hydrogen-bond donors (Lipinski definition) is 2. The highest BCUT2D eigenvalue weighted by atomic mass is 16.4. The molecule has 0 bridgehead atoms. The van der Waals surface area contributed by atoms with E-state index in [2.05, 4.69) is 5.32 Å². The summed E-state index contributed by atoms with van der Waals surface area (Å²) in [6, 6.07) is 12.9. The molecule has 22 heavy (non-hydrogen) atoms. The molecule has 0 unspecified atom stereocenters. The predicted molar refractivity (Wildman–Crippen MR) is 81.5 cm³/mol. The lowest BCUT2D eigenvalue weighted by Crippen LogP contribution is -2.27. The molecule has 1 heterocycles. The summed E-state index contributed by atoms with van der Waals surface area (Å²) < 4.78 is 5.19. The molecule has 0 saturated carbocycles. The van der Waals surface area contributed by atoms with Crippen LogP contribution < -0.4 is 5.32 Å². The summed E-state index contributed by atoms with van der Waals surface area (Å²) >= 11 is 0. The van der Waals surface area contributed by atoms with Crippen molar-refractivity contribution in [2.45, 2.75) is 25.2 Å². The van der Waals surface area contributed by atoms with Crippen LogP contribution in [0.15, 0.2) is 53.1 Å². The van der Waals surface area contributed by atoms with E-state index in [0.29, 0.717) is 13.0 Å². The number of nitrogens with one attached hydrogen (secondary N) is 1. The summed E-state index contributed by atoms with van der Waals surface area (Å²) in [6.45, 7) is 0.473.